The molecule has 2 heterocycles. The molecule has 0 fully saturated rings. The van der Waals surface area contributed by atoms with Gasteiger partial charge in [-0.2, -0.15) is 12.6 Å². The highest BCUT2D eigenvalue weighted by molar-refractivity contribution is 7.80. The topological polar surface area (TPSA) is 360 Å². The van der Waals surface area contributed by atoms with Crippen LogP contribution in [-0.4, -0.2) is 131 Å². The minimum absolute atomic E-state index is 0.0270. The number of aliphatic carboxylic acids is 2. The number of imidazole rings is 1. The van der Waals surface area contributed by atoms with E-state index in [1.54, 1.807) is 56.4 Å². The van der Waals surface area contributed by atoms with Crippen molar-refractivity contribution >= 4 is 70.9 Å². The molecule has 0 aliphatic carbocycles. The molecule has 23 heteroatoms. The molecule has 0 saturated heterocycles. The second-order valence-electron chi connectivity index (χ2n) is 17.2. The van der Waals surface area contributed by atoms with Crippen molar-refractivity contribution < 1.29 is 58.8 Å². The number of phenols is 2. The Morgan fingerprint density at radius 2 is 1.14 bits per heavy atom. The summed E-state index contributed by atoms with van der Waals surface area (Å²) in [4.78, 5) is 118. The van der Waals surface area contributed by atoms with E-state index in [0.29, 0.717) is 33.3 Å². The van der Waals surface area contributed by atoms with Gasteiger partial charge in [0, 0.05) is 60.4 Å². The zero-order chi connectivity index (χ0) is 51.8. The molecule has 7 atom stereocenters. The van der Waals surface area contributed by atoms with E-state index in [-0.39, 0.29) is 42.9 Å². The van der Waals surface area contributed by atoms with E-state index in [1.807, 2.05) is 0 Å². The molecule has 378 valence electrons. The van der Waals surface area contributed by atoms with Crippen LogP contribution in [0.2, 0.25) is 0 Å². The van der Waals surface area contributed by atoms with Crippen LogP contribution in [0, 0.1) is 5.92 Å². The molecule has 2 aromatic heterocycles. The quantitative estimate of drug-likeness (QED) is 0.0333. The number of amides is 6. The van der Waals surface area contributed by atoms with Gasteiger partial charge in [0.25, 0.3) is 0 Å². The van der Waals surface area contributed by atoms with Crippen LogP contribution in [0.15, 0.2) is 91.5 Å². The number of aromatic amines is 2. The average Bonchev–Trinajstić information content (AvgIpc) is 4.01. The molecule has 71 heavy (non-hydrogen) atoms. The maximum absolute atomic E-state index is 14.5. The molecule has 0 saturated carbocycles. The third-order valence-electron chi connectivity index (χ3n) is 11.4. The first-order valence-corrected chi connectivity index (χ1v) is 23.2. The molecule has 5 rings (SSSR count). The molecule has 3 aromatic carbocycles. The zero-order valence-electron chi connectivity index (χ0n) is 38.8. The summed E-state index contributed by atoms with van der Waals surface area (Å²) in [5.41, 5.74) is 9.05. The van der Waals surface area contributed by atoms with Crippen molar-refractivity contribution in [1.29, 1.82) is 0 Å². The Bertz CT molecular complexity index is 2640. The molecule has 0 radical (unpaired) electrons. The van der Waals surface area contributed by atoms with Gasteiger partial charge in [-0.05, 0) is 65.8 Å². The Hall–Kier alpha value is -7.92. The van der Waals surface area contributed by atoms with Crippen molar-refractivity contribution in [2.75, 3.05) is 5.75 Å². The fraction of sp³-hybridized carbons (Fsp3) is 0.354. The number of fused-ring (bicyclic) bond motifs is 1. The first kappa shape index (κ1) is 54.0. The molecule has 6 amide bonds. The van der Waals surface area contributed by atoms with Crippen molar-refractivity contribution in [3.63, 3.8) is 0 Å². The lowest BCUT2D eigenvalue weighted by atomic mass is 9.99. The number of carbonyl (C=O) groups is 8. The number of aromatic hydroxyl groups is 2. The van der Waals surface area contributed by atoms with Crippen molar-refractivity contribution in [3.05, 3.63) is 114 Å². The molecule has 14 N–H and O–H groups in total. The largest absolute Gasteiger partial charge is 0.508 e. The minimum Gasteiger partial charge on any atom is -0.508 e. The first-order valence-electron chi connectivity index (χ1n) is 22.5. The number of hydrogen-bond donors (Lipinski definition) is 14. The van der Waals surface area contributed by atoms with E-state index in [2.05, 4.69) is 59.5 Å². The number of para-hydroxylation sites is 1. The van der Waals surface area contributed by atoms with Crippen LogP contribution < -0.4 is 37.6 Å². The predicted molar refractivity (Wildman–Crippen MR) is 261 cm³/mol. The van der Waals surface area contributed by atoms with Crippen LogP contribution in [0.25, 0.3) is 10.9 Å². The van der Waals surface area contributed by atoms with E-state index in [4.69, 9.17) is 5.73 Å². The number of thiol groups is 1. The summed E-state index contributed by atoms with van der Waals surface area (Å²) in [7, 11) is 0. The molecular weight excluding hydrogens is 941 g/mol. The third kappa shape index (κ3) is 16.1. The standard InChI is InChI=1S/C48H58N10O12S/c1-25(2)41(58-46(67)38(20-29-22-50-24-52-29)54-42(63)33(49)17-26-7-11-30(59)12-8-26)47(68)56-37(19-28-21-51-34-6-4-3-5-32(28)34)45(66)53-35(15-16-40(61)62)43(64)55-36(18-27-9-13-31(60)14-10-27)44(65)57-39(23-71)48(69)70/h3-14,21-22,24-25,33,35-39,41,51,59-60,71H,15-20,23,49H2,1-2H3,(H,50,52)(H,53,66)(H,54,63)(H,55,64)(H,56,68)(H,57,65)(H,58,67)(H,61,62)(H,69,70)/t33-,35-,36-,37-,38-,39-,41-/m0/s1. The highest BCUT2D eigenvalue weighted by Gasteiger charge is 2.35. The zero-order valence-corrected chi connectivity index (χ0v) is 39.6. The fourth-order valence-corrected chi connectivity index (χ4v) is 7.73. The SMILES string of the molecule is CC(C)[C@H](NC(=O)[C@H](Cc1cnc[nH]1)NC(=O)[C@@H](N)Cc1ccc(O)cc1)C(=O)N[C@@H](Cc1c[nH]c2ccccc12)C(=O)N[C@@H](CCC(=O)O)C(=O)N[C@@H](Cc1ccc(O)cc1)C(=O)N[C@@H](CS)C(=O)O. The summed E-state index contributed by atoms with van der Waals surface area (Å²) in [5.74, 6) is -8.92. The predicted octanol–water partition coefficient (Wildman–Crippen LogP) is 0.344. The molecule has 0 bridgehead atoms. The summed E-state index contributed by atoms with van der Waals surface area (Å²) in [5, 5.41) is 54.9. The second kappa shape index (κ2) is 25.6. The van der Waals surface area contributed by atoms with E-state index in [9.17, 15) is 58.8 Å². The van der Waals surface area contributed by atoms with Gasteiger partial charge in [-0.1, -0.05) is 56.3 Å². The lowest BCUT2D eigenvalue weighted by Crippen LogP contribution is -2.61. The van der Waals surface area contributed by atoms with Crippen LogP contribution in [-0.2, 0) is 64.0 Å². The molecule has 0 aliphatic heterocycles. The Labute approximate surface area is 412 Å². The lowest BCUT2D eigenvalue weighted by molar-refractivity contribution is -0.141. The van der Waals surface area contributed by atoms with Gasteiger partial charge in [0.15, 0.2) is 0 Å². The fourth-order valence-electron chi connectivity index (χ4n) is 7.48. The van der Waals surface area contributed by atoms with Gasteiger partial charge in [-0.25, -0.2) is 9.78 Å². The number of carboxylic acids is 2. The number of nitrogens with zero attached hydrogens (tertiary/aromatic N) is 1. The van der Waals surface area contributed by atoms with Crippen molar-refractivity contribution in [2.45, 2.75) is 94.7 Å². The highest BCUT2D eigenvalue weighted by atomic mass is 32.1. The van der Waals surface area contributed by atoms with Gasteiger partial charge in [0.05, 0.1) is 12.4 Å². The van der Waals surface area contributed by atoms with E-state index in [0.717, 1.165) is 0 Å². The Kier molecular flexibility index (Phi) is 19.5. The number of hydrogen-bond acceptors (Lipinski definition) is 13. The monoisotopic (exact) mass is 998 g/mol. The second-order valence-corrected chi connectivity index (χ2v) is 17.5. The number of benzene rings is 3. The molecule has 5 aromatic rings. The molecular formula is C48H58N10O12S. The Morgan fingerprint density at radius 3 is 1.72 bits per heavy atom. The van der Waals surface area contributed by atoms with Crippen molar-refractivity contribution in [3.8, 4) is 11.5 Å². The summed E-state index contributed by atoms with van der Waals surface area (Å²) >= 11 is 3.99. The summed E-state index contributed by atoms with van der Waals surface area (Å²) in [6.45, 7) is 3.28. The van der Waals surface area contributed by atoms with Gasteiger partial charge in [0.1, 0.15) is 47.8 Å². The number of carboxylic acid groups (broad SMARTS) is 2. The summed E-state index contributed by atoms with van der Waals surface area (Å²) < 4.78 is 0. The number of carbonyl (C=O) groups excluding carboxylic acids is 6. The first-order chi connectivity index (χ1) is 33.8. The van der Waals surface area contributed by atoms with Gasteiger partial charge >= 0.3 is 11.9 Å². The molecule has 22 nitrogen and oxygen atoms in total. The maximum Gasteiger partial charge on any atom is 0.327 e. The van der Waals surface area contributed by atoms with Gasteiger partial charge in [-0.3, -0.25) is 33.6 Å². The lowest BCUT2D eigenvalue weighted by Gasteiger charge is -2.29. The normalized spacial score (nSPS) is 14.2. The maximum atomic E-state index is 14.5. The number of phenolic OH excluding ortho intramolecular Hbond substituents is 2. The molecule has 0 aliphatic rings. The summed E-state index contributed by atoms with van der Waals surface area (Å²) in [6.07, 6.45) is 2.92. The smallest absolute Gasteiger partial charge is 0.327 e. The highest BCUT2D eigenvalue weighted by Crippen LogP contribution is 2.20. The van der Waals surface area contributed by atoms with Gasteiger partial charge < -0.3 is 68.0 Å². The number of nitrogens with one attached hydrogen (secondary N) is 8. The van der Waals surface area contributed by atoms with Gasteiger partial charge in [0.2, 0.25) is 35.4 Å². The number of aromatic nitrogens is 3. The summed E-state index contributed by atoms with van der Waals surface area (Å²) in [6, 6.07) is 9.05. The number of rotatable bonds is 26. The van der Waals surface area contributed by atoms with E-state index >= 15 is 0 Å². The third-order valence-corrected chi connectivity index (χ3v) is 11.8. The molecule has 0 unspecified atom stereocenters. The van der Waals surface area contributed by atoms with Crippen LogP contribution >= 0.6 is 12.6 Å². The average molecular weight is 999 g/mol. The minimum atomic E-state index is -1.64. The van der Waals surface area contributed by atoms with Crippen LogP contribution in [0.4, 0.5) is 0 Å². The molecule has 0 spiro atoms. The number of H-pyrrole nitrogens is 2. The Balaban J connectivity index is 1.40. The van der Waals surface area contributed by atoms with E-state index < -0.39 is 108 Å². The van der Waals surface area contributed by atoms with Crippen LogP contribution in [0.3, 0.4) is 0 Å². The number of nitrogens with two attached hydrogens (primary N) is 1. The van der Waals surface area contributed by atoms with Crippen molar-refractivity contribution in [2.24, 2.45) is 11.7 Å². The Morgan fingerprint density at radius 1 is 0.620 bits per heavy atom. The van der Waals surface area contributed by atoms with Gasteiger partial charge in [-0.15, -0.1) is 0 Å². The van der Waals surface area contributed by atoms with E-state index in [1.165, 1.54) is 48.9 Å². The van der Waals surface area contributed by atoms with Crippen molar-refractivity contribution in [1.82, 2.24) is 46.9 Å². The van der Waals surface area contributed by atoms with Crippen LogP contribution in [0.5, 0.6) is 11.5 Å². The van der Waals surface area contributed by atoms with Crippen LogP contribution in [0.1, 0.15) is 49.1 Å².